The molecular formula is C14H15F3N6O. The maximum absolute atomic E-state index is 12.7. The number of methoxy groups -OCH3 is 1. The van der Waals surface area contributed by atoms with Gasteiger partial charge in [-0.05, 0) is 6.42 Å². The summed E-state index contributed by atoms with van der Waals surface area (Å²) in [5.74, 6) is 0.414. The van der Waals surface area contributed by atoms with Gasteiger partial charge in [-0.15, -0.1) is 0 Å². The predicted molar refractivity (Wildman–Crippen MR) is 82.3 cm³/mol. The summed E-state index contributed by atoms with van der Waals surface area (Å²) < 4.78 is 43.2. The first-order chi connectivity index (χ1) is 11.4. The van der Waals surface area contributed by atoms with E-state index in [0.29, 0.717) is 23.6 Å². The fourth-order valence-corrected chi connectivity index (χ4v) is 2.18. The SMILES string of the molecule is COc1cc(Nc2ncc(C(F)(F)F)c(N)n2)cc(N2CCC2)n1. The first-order valence-electron chi connectivity index (χ1n) is 7.14. The maximum atomic E-state index is 12.7. The Morgan fingerprint density at radius 2 is 2.00 bits per heavy atom. The summed E-state index contributed by atoms with van der Waals surface area (Å²) >= 11 is 0. The van der Waals surface area contributed by atoms with Gasteiger partial charge in [0.2, 0.25) is 11.8 Å². The van der Waals surface area contributed by atoms with Crippen molar-refractivity contribution >= 4 is 23.3 Å². The molecule has 3 heterocycles. The van der Waals surface area contributed by atoms with Gasteiger partial charge in [-0.25, -0.2) is 4.98 Å². The normalized spacial score (nSPS) is 14.2. The fraction of sp³-hybridized carbons (Fsp3) is 0.357. The lowest BCUT2D eigenvalue weighted by atomic mass is 10.2. The van der Waals surface area contributed by atoms with Gasteiger partial charge >= 0.3 is 6.18 Å². The molecule has 128 valence electrons. The van der Waals surface area contributed by atoms with Crippen molar-refractivity contribution in [2.24, 2.45) is 0 Å². The Hall–Kier alpha value is -2.78. The number of hydrogen-bond acceptors (Lipinski definition) is 7. The number of alkyl halides is 3. The second-order valence-corrected chi connectivity index (χ2v) is 5.21. The van der Waals surface area contributed by atoms with Crippen molar-refractivity contribution < 1.29 is 17.9 Å². The molecule has 10 heteroatoms. The van der Waals surface area contributed by atoms with Crippen LogP contribution in [0.5, 0.6) is 5.88 Å². The Labute approximate surface area is 135 Å². The Kier molecular flexibility index (Phi) is 4.04. The van der Waals surface area contributed by atoms with Crippen molar-refractivity contribution in [3.05, 3.63) is 23.9 Å². The van der Waals surface area contributed by atoms with Crippen molar-refractivity contribution in [1.29, 1.82) is 0 Å². The molecule has 3 rings (SSSR count). The minimum atomic E-state index is -4.59. The fourth-order valence-electron chi connectivity index (χ4n) is 2.18. The van der Waals surface area contributed by atoms with Crippen LogP contribution in [-0.2, 0) is 6.18 Å². The van der Waals surface area contributed by atoms with E-state index in [0.717, 1.165) is 19.5 Å². The number of nitrogens with two attached hydrogens (primary N) is 1. The van der Waals surface area contributed by atoms with Crippen LogP contribution >= 0.6 is 0 Å². The standard InChI is InChI=1S/C14H15F3N6O/c1-24-11-6-8(5-10(21-11)23-3-2-4-23)20-13-19-7-9(12(18)22-13)14(15,16)17/h5-7H,2-4H2,1H3,(H3,18,19,20,21,22). The highest BCUT2D eigenvalue weighted by atomic mass is 19.4. The summed E-state index contributed by atoms with van der Waals surface area (Å²) in [6.07, 6.45) is -2.85. The monoisotopic (exact) mass is 340 g/mol. The molecule has 24 heavy (non-hydrogen) atoms. The summed E-state index contributed by atoms with van der Waals surface area (Å²) in [6.45, 7) is 1.78. The number of aromatic nitrogens is 3. The van der Waals surface area contributed by atoms with E-state index in [1.165, 1.54) is 7.11 Å². The van der Waals surface area contributed by atoms with E-state index in [1.807, 2.05) is 0 Å². The molecule has 0 bridgehead atoms. The molecule has 1 saturated heterocycles. The van der Waals surface area contributed by atoms with Crippen LogP contribution in [0.15, 0.2) is 18.3 Å². The Balaban J connectivity index is 1.86. The number of nitrogens with one attached hydrogen (secondary N) is 1. The van der Waals surface area contributed by atoms with E-state index in [1.54, 1.807) is 12.1 Å². The molecule has 1 aliphatic rings. The highest BCUT2D eigenvalue weighted by Crippen LogP contribution is 2.33. The molecule has 2 aromatic heterocycles. The molecule has 7 nitrogen and oxygen atoms in total. The van der Waals surface area contributed by atoms with Crippen LogP contribution in [0.1, 0.15) is 12.0 Å². The van der Waals surface area contributed by atoms with Crippen LogP contribution in [0.4, 0.5) is 36.4 Å². The number of hydrogen-bond donors (Lipinski definition) is 2. The Morgan fingerprint density at radius 1 is 1.25 bits per heavy atom. The van der Waals surface area contributed by atoms with Crippen LogP contribution in [0.2, 0.25) is 0 Å². The molecule has 1 aliphatic heterocycles. The molecular weight excluding hydrogens is 325 g/mol. The van der Waals surface area contributed by atoms with Crippen molar-refractivity contribution in [1.82, 2.24) is 15.0 Å². The van der Waals surface area contributed by atoms with Crippen LogP contribution in [-0.4, -0.2) is 35.2 Å². The minimum Gasteiger partial charge on any atom is -0.481 e. The maximum Gasteiger partial charge on any atom is 0.421 e. The quantitative estimate of drug-likeness (QED) is 0.883. The van der Waals surface area contributed by atoms with E-state index in [-0.39, 0.29) is 5.95 Å². The average Bonchev–Trinajstić information content (AvgIpc) is 2.43. The van der Waals surface area contributed by atoms with Gasteiger partial charge < -0.3 is 20.7 Å². The topological polar surface area (TPSA) is 89.2 Å². The first-order valence-corrected chi connectivity index (χ1v) is 7.14. The smallest absolute Gasteiger partial charge is 0.421 e. The molecule has 3 N–H and O–H groups in total. The minimum absolute atomic E-state index is 0.0386. The predicted octanol–water partition coefficient (Wildman–Crippen LogP) is 2.43. The highest BCUT2D eigenvalue weighted by Gasteiger charge is 2.34. The molecule has 0 aromatic carbocycles. The number of anilines is 4. The third-order valence-corrected chi connectivity index (χ3v) is 3.56. The van der Waals surface area contributed by atoms with Crippen molar-refractivity contribution in [3.63, 3.8) is 0 Å². The molecule has 2 aromatic rings. The number of pyridine rings is 1. The lowest BCUT2D eigenvalue weighted by Crippen LogP contribution is -2.37. The average molecular weight is 340 g/mol. The van der Waals surface area contributed by atoms with E-state index in [2.05, 4.69) is 25.2 Å². The highest BCUT2D eigenvalue weighted by molar-refractivity contribution is 5.62. The number of halogens is 3. The van der Waals surface area contributed by atoms with Crippen molar-refractivity contribution in [2.45, 2.75) is 12.6 Å². The zero-order valence-corrected chi connectivity index (χ0v) is 12.8. The van der Waals surface area contributed by atoms with Crippen LogP contribution in [0.3, 0.4) is 0 Å². The summed E-state index contributed by atoms with van der Waals surface area (Å²) in [7, 11) is 1.48. The lowest BCUT2D eigenvalue weighted by Gasteiger charge is -2.32. The van der Waals surface area contributed by atoms with Crippen molar-refractivity contribution in [2.75, 3.05) is 36.1 Å². The molecule has 0 spiro atoms. The van der Waals surface area contributed by atoms with E-state index in [9.17, 15) is 13.2 Å². The van der Waals surface area contributed by atoms with Crippen molar-refractivity contribution in [3.8, 4) is 5.88 Å². The molecule has 0 atom stereocenters. The zero-order valence-electron chi connectivity index (χ0n) is 12.8. The zero-order chi connectivity index (χ0) is 17.3. The summed E-state index contributed by atoms with van der Waals surface area (Å²) in [4.78, 5) is 13.7. The largest absolute Gasteiger partial charge is 0.481 e. The Bertz CT molecular complexity index is 748. The van der Waals surface area contributed by atoms with E-state index in [4.69, 9.17) is 10.5 Å². The Morgan fingerprint density at radius 3 is 2.54 bits per heavy atom. The lowest BCUT2D eigenvalue weighted by molar-refractivity contribution is -0.137. The summed E-state index contributed by atoms with van der Waals surface area (Å²) in [6, 6.07) is 3.35. The second kappa shape index (κ2) is 6.02. The summed E-state index contributed by atoms with van der Waals surface area (Å²) in [5.41, 5.74) is 4.85. The number of ether oxygens (including phenoxy) is 1. The number of nitrogens with zero attached hydrogens (tertiary/aromatic N) is 4. The van der Waals surface area contributed by atoms with Gasteiger partial charge in [0, 0.05) is 37.1 Å². The molecule has 1 fully saturated rings. The van der Waals surface area contributed by atoms with Gasteiger partial charge in [0.25, 0.3) is 0 Å². The van der Waals surface area contributed by atoms with Crippen LogP contribution in [0.25, 0.3) is 0 Å². The van der Waals surface area contributed by atoms with E-state index >= 15 is 0 Å². The van der Waals surface area contributed by atoms with E-state index < -0.39 is 17.6 Å². The molecule has 0 amide bonds. The van der Waals surface area contributed by atoms with Gasteiger partial charge in [0.1, 0.15) is 17.2 Å². The van der Waals surface area contributed by atoms with Gasteiger partial charge in [-0.1, -0.05) is 0 Å². The third kappa shape index (κ3) is 3.26. The molecule has 0 unspecified atom stereocenters. The van der Waals surface area contributed by atoms with Crippen LogP contribution < -0.4 is 20.7 Å². The van der Waals surface area contributed by atoms with Gasteiger partial charge in [-0.3, -0.25) is 0 Å². The second-order valence-electron chi connectivity index (χ2n) is 5.21. The first kappa shape index (κ1) is 16.1. The third-order valence-electron chi connectivity index (χ3n) is 3.56. The molecule has 0 aliphatic carbocycles. The van der Waals surface area contributed by atoms with Gasteiger partial charge in [0.15, 0.2) is 0 Å². The molecule has 0 radical (unpaired) electrons. The number of rotatable bonds is 4. The number of nitrogen functional groups attached to an aromatic ring is 1. The van der Waals surface area contributed by atoms with Crippen LogP contribution in [0, 0.1) is 0 Å². The van der Waals surface area contributed by atoms with Gasteiger partial charge in [0.05, 0.1) is 7.11 Å². The van der Waals surface area contributed by atoms with Gasteiger partial charge in [-0.2, -0.15) is 23.1 Å². The summed E-state index contributed by atoms with van der Waals surface area (Å²) in [5, 5.41) is 2.83. The molecule has 0 saturated carbocycles.